The highest BCUT2D eigenvalue weighted by molar-refractivity contribution is 6.30. The molecule has 1 fully saturated rings. The minimum absolute atomic E-state index is 0. The number of aromatic nitrogens is 1. The van der Waals surface area contributed by atoms with Gasteiger partial charge in [0, 0.05) is 48.0 Å². The lowest BCUT2D eigenvalue weighted by Crippen LogP contribution is -2.27. The van der Waals surface area contributed by atoms with E-state index in [1.165, 1.54) is 12.3 Å². The number of anilines is 1. The van der Waals surface area contributed by atoms with Gasteiger partial charge in [0.1, 0.15) is 17.4 Å². The Kier molecular flexibility index (Phi) is 8.02. The molecule has 1 aliphatic rings. The average molecular weight is 479 g/mol. The molecule has 1 aromatic heterocycles. The number of carbonyl (C=O) groups excluding carboxylic acids is 2. The van der Waals surface area contributed by atoms with Gasteiger partial charge in [-0.2, -0.15) is 0 Å². The molecule has 3 aromatic rings. The fourth-order valence-corrected chi connectivity index (χ4v) is 3.92. The van der Waals surface area contributed by atoms with Crippen molar-refractivity contribution in [2.24, 2.45) is 0 Å². The van der Waals surface area contributed by atoms with Crippen molar-refractivity contribution in [1.29, 1.82) is 5.41 Å². The number of carbonyl (C=O) groups is 2. The number of Topliss-reactive ketones (excluding diaryl/α,β-unsaturated/α-hetero) is 1. The molecule has 0 aliphatic carbocycles. The van der Waals surface area contributed by atoms with Gasteiger partial charge < -0.3 is 15.3 Å². The number of hydrogen-bond acceptors (Lipinski definition) is 5. The lowest BCUT2D eigenvalue weighted by Gasteiger charge is -2.18. The van der Waals surface area contributed by atoms with E-state index in [-0.39, 0.29) is 36.5 Å². The Bertz CT molecular complexity index is 1190. The zero-order valence-corrected chi connectivity index (χ0v) is 18.6. The molecule has 0 unspecified atom stereocenters. The van der Waals surface area contributed by atoms with Gasteiger partial charge in [0.2, 0.25) is 0 Å². The molecule has 1 saturated heterocycles. The van der Waals surface area contributed by atoms with Crippen LogP contribution >= 0.6 is 11.6 Å². The van der Waals surface area contributed by atoms with Crippen LogP contribution in [-0.4, -0.2) is 45.6 Å². The van der Waals surface area contributed by atoms with Crippen LogP contribution in [0.25, 0.3) is 0 Å². The number of rotatable bonds is 6. The van der Waals surface area contributed by atoms with E-state index in [9.17, 15) is 14.7 Å². The predicted octanol–water partition coefficient (Wildman–Crippen LogP) is 5.18. The van der Waals surface area contributed by atoms with Gasteiger partial charge in [0.05, 0.1) is 5.02 Å². The van der Waals surface area contributed by atoms with Crippen molar-refractivity contribution in [3.63, 3.8) is 0 Å². The maximum Gasteiger partial charge on any atom is 0.257 e. The van der Waals surface area contributed by atoms with Gasteiger partial charge in [-0.3, -0.25) is 15.0 Å². The number of likely N-dealkylation sites (tertiary alicyclic amines) is 1. The molecular formula is C26H27ClN4O3. The van der Waals surface area contributed by atoms with Gasteiger partial charge in [-0.1, -0.05) is 49.4 Å². The summed E-state index contributed by atoms with van der Waals surface area (Å²) in [5.41, 5.74) is 1.63. The number of aromatic hydroxyl groups is 1. The molecule has 176 valence electrons. The number of amides is 1. The summed E-state index contributed by atoms with van der Waals surface area (Å²) in [4.78, 5) is 31.8. The molecule has 1 amide bonds. The first kappa shape index (κ1) is 24.9. The summed E-state index contributed by atoms with van der Waals surface area (Å²) in [5, 5.41) is 21.8. The van der Waals surface area contributed by atoms with Gasteiger partial charge in [-0.25, -0.2) is 4.98 Å². The number of nitrogens with zero attached hydrogens (tertiary/aromatic N) is 2. The fourth-order valence-electron chi connectivity index (χ4n) is 3.81. The van der Waals surface area contributed by atoms with Crippen LogP contribution in [0, 0.1) is 5.41 Å². The third-order valence-electron chi connectivity index (χ3n) is 5.60. The molecule has 0 radical (unpaired) electrons. The summed E-state index contributed by atoms with van der Waals surface area (Å²) in [6, 6.07) is 14.6. The standard InChI is InChI=1S/C25H23ClN4O3.CH4/c26-18-10-11-23(28-15-18)29-25(33)19-4-3-5-21(31)20(19)14-22(32)16-6-8-17(9-7-16)24(27)30-12-1-2-13-30;/h3-11,15,27,31H,1-2,12-14H2,(H,28,29,33);1H4. The minimum Gasteiger partial charge on any atom is -0.508 e. The SMILES string of the molecule is C.N=C(c1ccc(C(=O)Cc2c(O)cccc2C(=O)Nc2ccc(Cl)cn2)cc1)N1CCCC1. The van der Waals surface area contributed by atoms with Crippen LogP contribution in [0.2, 0.25) is 5.02 Å². The molecule has 34 heavy (non-hydrogen) atoms. The molecule has 0 spiro atoms. The smallest absolute Gasteiger partial charge is 0.257 e. The highest BCUT2D eigenvalue weighted by Gasteiger charge is 2.20. The second kappa shape index (κ2) is 10.9. The lowest BCUT2D eigenvalue weighted by molar-refractivity contribution is 0.0991. The molecule has 1 aliphatic heterocycles. The Balaban J connectivity index is 0.00000324. The van der Waals surface area contributed by atoms with Gasteiger partial charge in [-0.15, -0.1) is 0 Å². The summed E-state index contributed by atoms with van der Waals surface area (Å²) in [6.07, 6.45) is 3.44. The van der Waals surface area contributed by atoms with Crippen molar-refractivity contribution in [2.45, 2.75) is 26.7 Å². The van der Waals surface area contributed by atoms with E-state index in [0.717, 1.165) is 31.5 Å². The Morgan fingerprint density at radius 1 is 1.03 bits per heavy atom. The number of halogens is 1. The van der Waals surface area contributed by atoms with Crippen molar-refractivity contribution < 1.29 is 14.7 Å². The number of phenols is 1. The Hall–Kier alpha value is -3.71. The number of amidine groups is 1. The molecule has 3 N–H and O–H groups in total. The van der Waals surface area contributed by atoms with E-state index in [1.54, 1.807) is 48.5 Å². The van der Waals surface area contributed by atoms with Crippen molar-refractivity contribution in [1.82, 2.24) is 9.88 Å². The van der Waals surface area contributed by atoms with Crippen molar-refractivity contribution >= 4 is 34.9 Å². The summed E-state index contributed by atoms with van der Waals surface area (Å²) in [6.45, 7) is 1.76. The summed E-state index contributed by atoms with van der Waals surface area (Å²) in [7, 11) is 0. The normalized spacial score (nSPS) is 12.7. The number of hydrogen-bond donors (Lipinski definition) is 3. The third-order valence-corrected chi connectivity index (χ3v) is 5.83. The van der Waals surface area contributed by atoms with Crippen molar-refractivity contribution in [3.05, 3.63) is 88.1 Å². The zero-order chi connectivity index (χ0) is 23.4. The fraction of sp³-hybridized carbons (Fsp3) is 0.231. The third kappa shape index (κ3) is 5.61. The number of benzene rings is 2. The second-order valence-electron chi connectivity index (χ2n) is 7.84. The Morgan fingerprint density at radius 2 is 1.71 bits per heavy atom. The van der Waals surface area contributed by atoms with E-state index in [0.29, 0.717) is 22.2 Å². The first-order valence-corrected chi connectivity index (χ1v) is 11.0. The molecular weight excluding hydrogens is 452 g/mol. The number of ketones is 1. The van der Waals surface area contributed by atoms with Gasteiger partial charge >= 0.3 is 0 Å². The first-order chi connectivity index (χ1) is 15.9. The first-order valence-electron chi connectivity index (χ1n) is 10.6. The van der Waals surface area contributed by atoms with Crippen LogP contribution < -0.4 is 5.32 Å². The molecule has 8 heteroatoms. The highest BCUT2D eigenvalue weighted by atomic mass is 35.5. The topological polar surface area (TPSA) is 106 Å². The monoisotopic (exact) mass is 478 g/mol. The minimum atomic E-state index is -0.488. The van der Waals surface area contributed by atoms with E-state index in [4.69, 9.17) is 17.0 Å². The van der Waals surface area contributed by atoms with Crippen LogP contribution in [0.3, 0.4) is 0 Å². The van der Waals surface area contributed by atoms with E-state index in [1.807, 2.05) is 4.90 Å². The molecule has 7 nitrogen and oxygen atoms in total. The Morgan fingerprint density at radius 3 is 2.35 bits per heavy atom. The van der Waals surface area contributed by atoms with E-state index in [2.05, 4.69) is 10.3 Å². The van der Waals surface area contributed by atoms with Gasteiger partial charge in [0.15, 0.2) is 5.78 Å². The van der Waals surface area contributed by atoms with Crippen LogP contribution in [0.15, 0.2) is 60.8 Å². The van der Waals surface area contributed by atoms with Crippen LogP contribution in [0.5, 0.6) is 5.75 Å². The van der Waals surface area contributed by atoms with Crippen LogP contribution in [-0.2, 0) is 6.42 Å². The molecule has 4 rings (SSSR count). The largest absolute Gasteiger partial charge is 0.508 e. The lowest BCUT2D eigenvalue weighted by atomic mass is 9.96. The Labute approximate surface area is 203 Å². The molecule has 2 aromatic carbocycles. The van der Waals surface area contributed by atoms with Crippen LogP contribution in [0.1, 0.15) is 52.1 Å². The summed E-state index contributed by atoms with van der Waals surface area (Å²) < 4.78 is 0. The van der Waals surface area contributed by atoms with E-state index >= 15 is 0 Å². The summed E-state index contributed by atoms with van der Waals surface area (Å²) in [5.74, 6) is -0.0946. The maximum absolute atomic E-state index is 12.9. The zero-order valence-electron chi connectivity index (χ0n) is 17.8. The summed E-state index contributed by atoms with van der Waals surface area (Å²) >= 11 is 5.83. The molecule has 0 saturated carbocycles. The van der Waals surface area contributed by atoms with E-state index < -0.39 is 5.91 Å². The van der Waals surface area contributed by atoms with Crippen molar-refractivity contribution in [3.8, 4) is 5.75 Å². The number of nitrogens with one attached hydrogen (secondary N) is 2. The average Bonchev–Trinajstić information content (AvgIpc) is 3.36. The molecule has 0 atom stereocenters. The quantitative estimate of drug-likeness (QED) is 0.257. The molecule has 2 heterocycles. The highest BCUT2D eigenvalue weighted by Crippen LogP contribution is 2.24. The van der Waals surface area contributed by atoms with Crippen LogP contribution in [0.4, 0.5) is 5.82 Å². The predicted molar refractivity (Wildman–Crippen MR) is 134 cm³/mol. The molecule has 0 bridgehead atoms. The number of pyridine rings is 1. The van der Waals surface area contributed by atoms with Crippen molar-refractivity contribution in [2.75, 3.05) is 18.4 Å². The second-order valence-corrected chi connectivity index (χ2v) is 8.28. The maximum atomic E-state index is 12.9. The van der Waals surface area contributed by atoms with Gasteiger partial charge in [-0.05, 0) is 37.1 Å². The van der Waals surface area contributed by atoms with Gasteiger partial charge in [0.25, 0.3) is 5.91 Å². The number of phenolic OH excluding ortho intramolecular Hbond substituents is 1.